The smallest absolute Gasteiger partial charge is 0.410 e. The number of amides is 4. The average molecular weight is 754 g/mol. The van der Waals surface area contributed by atoms with Gasteiger partial charge < -0.3 is 36.8 Å². The monoisotopic (exact) mass is 753 g/mol. The minimum atomic E-state index is -1.24. The highest BCUT2D eigenvalue weighted by molar-refractivity contribution is 5.95. The van der Waals surface area contributed by atoms with Gasteiger partial charge >= 0.3 is 12.1 Å². The molecule has 4 amide bonds. The van der Waals surface area contributed by atoms with Gasteiger partial charge in [-0.1, -0.05) is 92.7 Å². The second-order valence-corrected chi connectivity index (χ2v) is 14.5. The minimum absolute atomic E-state index is 0.0505. The van der Waals surface area contributed by atoms with Crippen LogP contribution in [0.4, 0.5) is 4.79 Å². The first-order chi connectivity index (χ1) is 26.4. The largest absolute Gasteiger partial charge is 0.480 e. The van der Waals surface area contributed by atoms with E-state index in [9.17, 15) is 29.1 Å². The summed E-state index contributed by atoms with van der Waals surface area (Å²) in [5.41, 5.74) is 10.4. The Hall–Kier alpha value is -5.92. The zero-order valence-electron chi connectivity index (χ0n) is 31.3. The summed E-state index contributed by atoms with van der Waals surface area (Å²) in [5, 5.41) is 27.8. The highest BCUT2D eigenvalue weighted by Crippen LogP contribution is 2.44. The van der Waals surface area contributed by atoms with Crippen molar-refractivity contribution in [1.82, 2.24) is 26.2 Å². The number of nitrogens with zero attached hydrogens (tertiary/aromatic N) is 1. The first-order valence-corrected chi connectivity index (χ1v) is 18.8. The molecule has 0 aromatic heterocycles. The molecule has 1 aliphatic heterocycles. The zero-order valence-corrected chi connectivity index (χ0v) is 31.3. The first kappa shape index (κ1) is 40.3. The third-order valence-electron chi connectivity index (χ3n) is 9.98. The van der Waals surface area contributed by atoms with Crippen LogP contribution < -0.4 is 27.0 Å². The summed E-state index contributed by atoms with van der Waals surface area (Å²) in [4.78, 5) is 68.4. The van der Waals surface area contributed by atoms with Crippen molar-refractivity contribution in [3.63, 3.8) is 0 Å². The Morgan fingerprint density at radius 1 is 0.855 bits per heavy atom. The number of aliphatic carboxylic acids is 1. The van der Waals surface area contributed by atoms with Gasteiger partial charge in [-0.15, -0.1) is 0 Å². The van der Waals surface area contributed by atoms with Gasteiger partial charge in [0.1, 0.15) is 30.8 Å². The fourth-order valence-corrected chi connectivity index (χ4v) is 7.30. The SMILES string of the molecule is CC(C)C[C@H](NC(=O)[C@H](Cc1ccccc1)NC(=O)[C@@H]1CCCN1C(=O)OCC1c2ccccc2-c2ccccc21)C(=O)N[C@@H](CCCNC(=N)N)C(=O)O. The van der Waals surface area contributed by atoms with Gasteiger partial charge in [-0.05, 0) is 65.8 Å². The highest BCUT2D eigenvalue weighted by Gasteiger charge is 2.38. The number of carbonyl (C=O) groups excluding carboxylic acids is 4. The molecule has 14 nitrogen and oxygen atoms in total. The summed E-state index contributed by atoms with van der Waals surface area (Å²) in [6, 6.07) is 20.9. The van der Waals surface area contributed by atoms with Crippen LogP contribution in [-0.4, -0.2) is 89.6 Å². The zero-order chi connectivity index (χ0) is 39.5. The van der Waals surface area contributed by atoms with Crippen LogP contribution in [0.25, 0.3) is 11.1 Å². The van der Waals surface area contributed by atoms with Crippen LogP contribution in [0.1, 0.15) is 68.6 Å². The number of ether oxygens (including phenoxy) is 1. The fourth-order valence-electron chi connectivity index (χ4n) is 7.30. The van der Waals surface area contributed by atoms with Gasteiger partial charge in [-0.2, -0.15) is 0 Å². The normalized spacial score (nSPS) is 16.3. The van der Waals surface area contributed by atoms with Crippen molar-refractivity contribution in [2.75, 3.05) is 19.7 Å². The van der Waals surface area contributed by atoms with Crippen molar-refractivity contribution in [2.45, 2.75) is 82.5 Å². The van der Waals surface area contributed by atoms with E-state index in [1.165, 1.54) is 4.90 Å². The summed E-state index contributed by atoms with van der Waals surface area (Å²) >= 11 is 0. The van der Waals surface area contributed by atoms with E-state index in [0.717, 1.165) is 27.8 Å². The third kappa shape index (κ3) is 10.6. The number of carboxylic acids is 1. The summed E-state index contributed by atoms with van der Waals surface area (Å²) < 4.78 is 5.88. The minimum Gasteiger partial charge on any atom is -0.480 e. The van der Waals surface area contributed by atoms with Crippen molar-refractivity contribution in [1.29, 1.82) is 5.41 Å². The van der Waals surface area contributed by atoms with Crippen molar-refractivity contribution in [3.8, 4) is 11.1 Å². The molecule has 14 heteroatoms. The molecule has 0 radical (unpaired) electrons. The second-order valence-electron chi connectivity index (χ2n) is 14.5. The topological polar surface area (TPSA) is 216 Å². The Morgan fingerprint density at radius 3 is 2.07 bits per heavy atom. The molecular formula is C41H51N7O7. The van der Waals surface area contributed by atoms with E-state index in [-0.39, 0.29) is 50.2 Å². The van der Waals surface area contributed by atoms with E-state index >= 15 is 0 Å². The number of carboxylic acid groups (broad SMARTS) is 1. The lowest BCUT2D eigenvalue weighted by atomic mass is 9.98. The molecule has 4 atom stereocenters. The molecule has 0 bridgehead atoms. The molecule has 292 valence electrons. The lowest BCUT2D eigenvalue weighted by Gasteiger charge is -2.28. The average Bonchev–Trinajstić information content (AvgIpc) is 3.78. The van der Waals surface area contributed by atoms with Crippen LogP contribution in [0.15, 0.2) is 78.9 Å². The van der Waals surface area contributed by atoms with E-state index in [0.29, 0.717) is 25.8 Å². The summed E-state index contributed by atoms with van der Waals surface area (Å²) in [6.45, 7) is 4.41. The predicted octanol–water partition coefficient (Wildman–Crippen LogP) is 3.49. The molecule has 1 aliphatic carbocycles. The molecule has 0 saturated carbocycles. The van der Waals surface area contributed by atoms with Gasteiger partial charge in [0, 0.05) is 25.4 Å². The molecule has 1 heterocycles. The summed E-state index contributed by atoms with van der Waals surface area (Å²) in [6.07, 6.45) is 1.04. The van der Waals surface area contributed by atoms with Crippen LogP contribution >= 0.6 is 0 Å². The number of likely N-dealkylation sites (tertiary alicyclic amines) is 1. The van der Waals surface area contributed by atoms with Crippen LogP contribution in [0, 0.1) is 11.3 Å². The molecule has 1 saturated heterocycles. The van der Waals surface area contributed by atoms with Crippen molar-refractivity contribution in [2.24, 2.45) is 11.7 Å². The van der Waals surface area contributed by atoms with Gasteiger partial charge in [-0.3, -0.25) is 24.7 Å². The Labute approximate surface area is 321 Å². The van der Waals surface area contributed by atoms with Crippen molar-refractivity contribution < 1.29 is 33.8 Å². The van der Waals surface area contributed by atoms with Gasteiger partial charge in [0.05, 0.1) is 0 Å². The molecule has 55 heavy (non-hydrogen) atoms. The van der Waals surface area contributed by atoms with Gasteiger partial charge in [0.15, 0.2) is 5.96 Å². The molecule has 5 rings (SSSR count). The second kappa shape index (κ2) is 18.9. The van der Waals surface area contributed by atoms with Gasteiger partial charge in [-0.25, -0.2) is 9.59 Å². The molecule has 0 unspecified atom stereocenters. The van der Waals surface area contributed by atoms with E-state index in [1.54, 1.807) is 0 Å². The first-order valence-electron chi connectivity index (χ1n) is 18.8. The maximum Gasteiger partial charge on any atom is 0.410 e. The lowest BCUT2D eigenvalue weighted by molar-refractivity contribution is -0.142. The Morgan fingerprint density at radius 2 is 1.45 bits per heavy atom. The van der Waals surface area contributed by atoms with E-state index in [2.05, 4.69) is 33.4 Å². The van der Waals surface area contributed by atoms with E-state index < -0.39 is 54.0 Å². The highest BCUT2D eigenvalue weighted by atomic mass is 16.6. The molecular weight excluding hydrogens is 702 g/mol. The van der Waals surface area contributed by atoms with E-state index in [4.69, 9.17) is 15.9 Å². The van der Waals surface area contributed by atoms with Crippen LogP contribution in [0.3, 0.4) is 0 Å². The number of hydrogen-bond donors (Lipinski definition) is 7. The molecule has 0 spiro atoms. The molecule has 3 aromatic rings. The number of rotatable bonds is 17. The van der Waals surface area contributed by atoms with Crippen molar-refractivity contribution >= 4 is 35.7 Å². The maximum atomic E-state index is 14.0. The number of nitrogens with one attached hydrogen (secondary N) is 5. The molecule has 3 aromatic carbocycles. The number of nitrogens with two attached hydrogens (primary N) is 1. The Bertz CT molecular complexity index is 1810. The van der Waals surface area contributed by atoms with Crippen LogP contribution in [-0.2, 0) is 30.3 Å². The Kier molecular flexibility index (Phi) is 13.8. The summed E-state index contributed by atoms with van der Waals surface area (Å²) in [5.74, 6) is -3.49. The molecule has 2 aliphatic rings. The van der Waals surface area contributed by atoms with Gasteiger partial charge in [0.2, 0.25) is 17.7 Å². The lowest BCUT2D eigenvalue weighted by Crippen LogP contribution is -2.58. The summed E-state index contributed by atoms with van der Waals surface area (Å²) in [7, 11) is 0. The van der Waals surface area contributed by atoms with Gasteiger partial charge in [0.25, 0.3) is 0 Å². The Balaban J connectivity index is 1.26. The quantitative estimate of drug-likeness (QED) is 0.0609. The number of fused-ring (bicyclic) bond motifs is 3. The predicted molar refractivity (Wildman–Crippen MR) is 207 cm³/mol. The maximum absolute atomic E-state index is 14.0. The number of benzene rings is 3. The fraction of sp³-hybridized carbons (Fsp3) is 0.415. The molecule has 8 N–H and O–H groups in total. The van der Waals surface area contributed by atoms with Crippen molar-refractivity contribution in [3.05, 3.63) is 95.6 Å². The van der Waals surface area contributed by atoms with E-state index in [1.807, 2.05) is 80.6 Å². The van der Waals surface area contributed by atoms with Crippen LogP contribution in [0.5, 0.6) is 0 Å². The van der Waals surface area contributed by atoms with Crippen LogP contribution in [0.2, 0.25) is 0 Å². The standard InChI is InChI=1S/C41H51N7O7/c1-25(2)22-33(36(49)45-32(39(52)53)18-10-20-44-40(42)43)46-37(50)34(23-26-12-4-3-5-13-26)47-38(51)35-19-11-21-48(35)41(54)55-24-31-29-16-8-6-14-27(29)28-15-7-9-17-30(28)31/h3-9,12-17,25,31-35H,10-11,18-24H2,1-2H3,(H,45,49)(H,46,50)(H,47,51)(H,52,53)(H4,42,43,44)/t32-,33-,34-,35-/m0/s1. The third-order valence-corrected chi connectivity index (χ3v) is 9.98. The number of hydrogen-bond acceptors (Lipinski definition) is 7. The number of carbonyl (C=O) groups is 5. The molecule has 1 fully saturated rings. The number of guanidine groups is 1.